The fourth-order valence-corrected chi connectivity index (χ4v) is 3.36. The molecule has 3 aromatic rings. The van der Waals surface area contributed by atoms with Crippen LogP contribution in [0, 0.1) is 0 Å². The molecule has 2 aromatic carbocycles. The number of hydrogen-bond acceptors (Lipinski definition) is 6. The number of thiazole rings is 1. The zero-order valence-electron chi connectivity index (χ0n) is 14.7. The van der Waals surface area contributed by atoms with Gasteiger partial charge < -0.3 is 14.2 Å². The summed E-state index contributed by atoms with van der Waals surface area (Å²) in [6.07, 6.45) is -4.78. The van der Waals surface area contributed by atoms with E-state index >= 15 is 0 Å². The summed E-state index contributed by atoms with van der Waals surface area (Å²) in [6.45, 7) is 0.976. The monoisotopic (exact) mass is 422 g/mol. The number of fused-ring (bicyclic) bond motifs is 1. The largest absolute Gasteiger partial charge is 0.573 e. The first-order valence-electron chi connectivity index (χ1n) is 8.40. The Morgan fingerprint density at radius 2 is 1.79 bits per heavy atom. The van der Waals surface area contributed by atoms with E-state index in [0.29, 0.717) is 35.5 Å². The fraction of sp³-hybridized carbons (Fsp3) is 0.158. The van der Waals surface area contributed by atoms with Crippen molar-refractivity contribution < 1.29 is 32.2 Å². The lowest BCUT2D eigenvalue weighted by Gasteiger charge is -2.18. The van der Waals surface area contributed by atoms with Crippen LogP contribution in [0.1, 0.15) is 10.4 Å². The maximum absolute atomic E-state index is 12.3. The molecule has 6 nitrogen and oxygen atoms in total. The highest BCUT2D eigenvalue weighted by Crippen LogP contribution is 2.35. The lowest BCUT2D eigenvalue weighted by molar-refractivity contribution is -0.274. The molecule has 0 saturated carbocycles. The number of benzene rings is 2. The summed E-state index contributed by atoms with van der Waals surface area (Å²) in [4.78, 5) is 16.7. The molecule has 0 aliphatic carbocycles. The van der Waals surface area contributed by atoms with E-state index in [0.717, 1.165) is 17.7 Å². The average Bonchev–Trinajstić information content (AvgIpc) is 3.15. The molecule has 150 valence electrons. The Bertz CT molecular complexity index is 1030. The van der Waals surface area contributed by atoms with Gasteiger partial charge in [-0.1, -0.05) is 0 Å². The second-order valence-corrected chi connectivity index (χ2v) is 6.78. The molecule has 1 amide bonds. The molecule has 0 bridgehead atoms. The summed E-state index contributed by atoms with van der Waals surface area (Å²) in [6, 6.07) is 10.1. The maximum atomic E-state index is 12.3. The molecule has 1 aliphatic heterocycles. The molecular formula is C19H13F3N2O4S. The van der Waals surface area contributed by atoms with Crippen molar-refractivity contribution in [3.8, 4) is 28.5 Å². The molecule has 0 atom stereocenters. The first-order chi connectivity index (χ1) is 13.9. The van der Waals surface area contributed by atoms with Crippen LogP contribution in [0.25, 0.3) is 11.3 Å². The van der Waals surface area contributed by atoms with E-state index in [4.69, 9.17) is 9.47 Å². The van der Waals surface area contributed by atoms with Gasteiger partial charge in [-0.05, 0) is 42.5 Å². The van der Waals surface area contributed by atoms with Crippen molar-refractivity contribution in [2.75, 3.05) is 18.5 Å². The highest BCUT2D eigenvalue weighted by atomic mass is 32.1. The van der Waals surface area contributed by atoms with Crippen molar-refractivity contribution in [2.45, 2.75) is 6.36 Å². The van der Waals surface area contributed by atoms with Gasteiger partial charge in [-0.2, -0.15) is 0 Å². The van der Waals surface area contributed by atoms with E-state index in [1.54, 1.807) is 11.4 Å². The highest BCUT2D eigenvalue weighted by molar-refractivity contribution is 7.14. The summed E-state index contributed by atoms with van der Waals surface area (Å²) in [7, 11) is 0. The van der Waals surface area contributed by atoms with Crippen LogP contribution < -0.4 is 19.5 Å². The van der Waals surface area contributed by atoms with E-state index in [2.05, 4.69) is 15.0 Å². The number of ether oxygens (including phenoxy) is 3. The van der Waals surface area contributed by atoms with Crippen LogP contribution in [0.15, 0.2) is 47.8 Å². The topological polar surface area (TPSA) is 69.7 Å². The van der Waals surface area contributed by atoms with Gasteiger partial charge in [-0.15, -0.1) is 24.5 Å². The van der Waals surface area contributed by atoms with Crippen LogP contribution in [0.2, 0.25) is 0 Å². The number of rotatable bonds is 4. The number of amides is 1. The van der Waals surface area contributed by atoms with Crippen molar-refractivity contribution in [3.63, 3.8) is 0 Å². The van der Waals surface area contributed by atoms with E-state index in [1.807, 2.05) is 12.1 Å². The quantitative estimate of drug-likeness (QED) is 0.658. The van der Waals surface area contributed by atoms with Crippen molar-refractivity contribution in [1.29, 1.82) is 0 Å². The number of alkyl halides is 3. The molecule has 10 heteroatoms. The van der Waals surface area contributed by atoms with Gasteiger partial charge in [0.2, 0.25) is 0 Å². The SMILES string of the molecule is O=C(Nc1nc(-c2ccc3c(c2)OCCO3)cs1)c1ccc(OC(F)(F)F)cc1. The minimum absolute atomic E-state index is 0.176. The predicted octanol–water partition coefficient (Wildman–Crippen LogP) is 4.73. The summed E-state index contributed by atoms with van der Waals surface area (Å²) in [5.74, 6) is 0.408. The number of halogens is 3. The van der Waals surface area contributed by atoms with E-state index in [9.17, 15) is 18.0 Å². The third-order valence-corrected chi connectivity index (χ3v) is 4.67. The summed E-state index contributed by atoms with van der Waals surface area (Å²) >= 11 is 1.23. The smallest absolute Gasteiger partial charge is 0.486 e. The molecule has 2 heterocycles. The van der Waals surface area contributed by atoms with Gasteiger partial charge in [0.05, 0.1) is 5.69 Å². The minimum Gasteiger partial charge on any atom is -0.486 e. The van der Waals surface area contributed by atoms with Gasteiger partial charge in [0.1, 0.15) is 19.0 Å². The molecule has 1 N–H and O–H groups in total. The number of carbonyl (C=O) groups excluding carboxylic acids is 1. The van der Waals surface area contributed by atoms with Gasteiger partial charge in [0.15, 0.2) is 16.6 Å². The van der Waals surface area contributed by atoms with Gasteiger partial charge >= 0.3 is 6.36 Å². The second-order valence-electron chi connectivity index (χ2n) is 5.92. The first kappa shape index (κ1) is 19.1. The third kappa shape index (κ3) is 4.60. The van der Waals surface area contributed by atoms with Crippen LogP contribution >= 0.6 is 11.3 Å². The lowest BCUT2D eigenvalue weighted by Crippen LogP contribution is -2.17. The number of aromatic nitrogens is 1. The normalized spacial score (nSPS) is 13.1. The zero-order valence-corrected chi connectivity index (χ0v) is 15.5. The summed E-state index contributed by atoms with van der Waals surface area (Å²) in [5.41, 5.74) is 1.63. The third-order valence-electron chi connectivity index (χ3n) is 3.91. The Morgan fingerprint density at radius 3 is 2.52 bits per heavy atom. The minimum atomic E-state index is -4.78. The number of nitrogens with one attached hydrogen (secondary N) is 1. The van der Waals surface area contributed by atoms with Crippen LogP contribution in [0.4, 0.5) is 18.3 Å². The van der Waals surface area contributed by atoms with Crippen molar-refractivity contribution in [2.24, 2.45) is 0 Å². The molecule has 29 heavy (non-hydrogen) atoms. The van der Waals surface area contributed by atoms with E-state index in [1.165, 1.54) is 23.5 Å². The van der Waals surface area contributed by atoms with E-state index < -0.39 is 18.0 Å². The Hall–Kier alpha value is -3.27. The highest BCUT2D eigenvalue weighted by Gasteiger charge is 2.31. The zero-order chi connectivity index (χ0) is 20.4. The van der Waals surface area contributed by atoms with E-state index in [-0.39, 0.29) is 5.56 Å². The Kier molecular flexibility index (Phi) is 5.01. The molecule has 4 rings (SSSR count). The standard InChI is InChI=1S/C19H13F3N2O4S/c20-19(21,22)28-13-4-1-11(2-5-13)17(25)24-18-23-14(10-29-18)12-3-6-15-16(9-12)27-8-7-26-15/h1-6,9-10H,7-8H2,(H,23,24,25). The fourth-order valence-electron chi connectivity index (χ4n) is 2.64. The molecular weight excluding hydrogens is 409 g/mol. The Morgan fingerprint density at radius 1 is 1.07 bits per heavy atom. The summed E-state index contributed by atoms with van der Waals surface area (Å²) in [5, 5.41) is 4.76. The van der Waals surface area contributed by atoms with Gasteiger partial charge in [0, 0.05) is 16.5 Å². The number of nitrogens with zero attached hydrogens (tertiary/aromatic N) is 1. The molecule has 0 saturated heterocycles. The van der Waals surface area contributed by atoms with Gasteiger partial charge in [-0.25, -0.2) is 4.98 Å². The van der Waals surface area contributed by atoms with Crippen LogP contribution in [-0.4, -0.2) is 30.5 Å². The second kappa shape index (κ2) is 7.63. The predicted molar refractivity (Wildman–Crippen MR) is 99.6 cm³/mol. The van der Waals surface area contributed by atoms with Crippen molar-refractivity contribution in [3.05, 3.63) is 53.4 Å². The maximum Gasteiger partial charge on any atom is 0.573 e. The average molecular weight is 422 g/mol. The molecule has 0 radical (unpaired) electrons. The Balaban J connectivity index is 1.44. The number of anilines is 1. The molecule has 0 unspecified atom stereocenters. The van der Waals surface area contributed by atoms with Gasteiger partial charge in [-0.3, -0.25) is 10.1 Å². The summed E-state index contributed by atoms with van der Waals surface area (Å²) < 4.78 is 51.4. The lowest BCUT2D eigenvalue weighted by atomic mass is 10.1. The molecule has 0 spiro atoms. The first-order valence-corrected chi connectivity index (χ1v) is 9.28. The van der Waals surface area contributed by atoms with Crippen molar-refractivity contribution in [1.82, 2.24) is 4.98 Å². The van der Waals surface area contributed by atoms with Crippen molar-refractivity contribution >= 4 is 22.4 Å². The molecule has 1 aliphatic rings. The van der Waals surface area contributed by atoms with Crippen LogP contribution in [-0.2, 0) is 0 Å². The number of hydrogen-bond donors (Lipinski definition) is 1. The number of carbonyl (C=O) groups is 1. The van der Waals surface area contributed by atoms with Gasteiger partial charge in [0.25, 0.3) is 5.91 Å². The van der Waals surface area contributed by atoms with Crippen LogP contribution in [0.3, 0.4) is 0 Å². The Labute approximate surface area is 166 Å². The van der Waals surface area contributed by atoms with Crippen LogP contribution in [0.5, 0.6) is 17.2 Å². The molecule has 0 fully saturated rings. The molecule has 1 aromatic heterocycles.